The van der Waals surface area contributed by atoms with Gasteiger partial charge < -0.3 is 15.1 Å². The lowest BCUT2D eigenvalue weighted by Gasteiger charge is -2.22. The average molecular weight is 348 g/mol. The van der Waals surface area contributed by atoms with E-state index in [1.165, 1.54) is 21.7 Å². The van der Waals surface area contributed by atoms with Crippen molar-refractivity contribution in [1.29, 1.82) is 0 Å². The fourth-order valence-corrected chi connectivity index (χ4v) is 3.20. The lowest BCUT2D eigenvalue weighted by atomic mass is 10.2. The Morgan fingerprint density at radius 2 is 2.20 bits per heavy atom. The number of rotatable bonds is 4. The number of β-amino-alcohol motifs (C(OH)–C–C–N with tert-alkyl or cyclic N) is 1. The molecule has 9 heteroatoms. The van der Waals surface area contributed by atoms with E-state index in [0.29, 0.717) is 19.4 Å². The number of carbonyl (C=O) groups is 1. The monoisotopic (exact) mass is 348 g/mol. The number of aliphatic hydroxyl groups is 2. The first kappa shape index (κ1) is 17.3. The van der Waals surface area contributed by atoms with Crippen molar-refractivity contribution >= 4 is 16.9 Å². The van der Waals surface area contributed by atoms with Crippen LogP contribution < -0.4 is 11.2 Å². The third-order valence-corrected chi connectivity index (χ3v) is 4.39. The van der Waals surface area contributed by atoms with Crippen LogP contribution in [0.3, 0.4) is 0 Å². The van der Waals surface area contributed by atoms with Gasteiger partial charge in [-0.15, -0.1) is 0 Å². The quantitative estimate of drug-likeness (QED) is 0.654. The van der Waals surface area contributed by atoms with Crippen LogP contribution in [0, 0.1) is 0 Å². The van der Waals surface area contributed by atoms with Crippen molar-refractivity contribution in [2.45, 2.75) is 38.5 Å². The number of hydrogen-bond donors (Lipinski definition) is 3. The summed E-state index contributed by atoms with van der Waals surface area (Å²) < 4.78 is 1.36. The SMILES string of the molecule is CCCn1c(=O)[nH]c(=O)c2cc(C(=O)N3C[C@@H](O)C[C@H]3CO)cnc21. The van der Waals surface area contributed by atoms with Crippen LogP contribution in [-0.4, -0.2) is 60.9 Å². The lowest BCUT2D eigenvalue weighted by molar-refractivity contribution is 0.0664. The van der Waals surface area contributed by atoms with Crippen molar-refractivity contribution in [2.75, 3.05) is 13.2 Å². The van der Waals surface area contributed by atoms with Gasteiger partial charge >= 0.3 is 5.69 Å². The molecule has 0 bridgehead atoms. The van der Waals surface area contributed by atoms with Crippen LogP contribution in [0.2, 0.25) is 0 Å². The molecule has 0 unspecified atom stereocenters. The van der Waals surface area contributed by atoms with Crippen LogP contribution in [0.5, 0.6) is 0 Å². The second kappa shape index (κ2) is 6.77. The summed E-state index contributed by atoms with van der Waals surface area (Å²) in [6.45, 7) is 2.17. The highest BCUT2D eigenvalue weighted by molar-refractivity contribution is 5.97. The minimum atomic E-state index is -0.687. The van der Waals surface area contributed by atoms with Crippen LogP contribution in [0.25, 0.3) is 11.0 Å². The largest absolute Gasteiger partial charge is 0.394 e. The zero-order valence-corrected chi connectivity index (χ0v) is 13.8. The number of aliphatic hydroxyl groups excluding tert-OH is 2. The number of hydrogen-bond acceptors (Lipinski definition) is 6. The molecule has 0 spiro atoms. The maximum Gasteiger partial charge on any atom is 0.329 e. The molecule has 2 aromatic rings. The Kier molecular flexibility index (Phi) is 4.69. The molecule has 9 nitrogen and oxygen atoms in total. The van der Waals surface area contributed by atoms with E-state index in [1.807, 2.05) is 6.92 Å². The Hall–Kier alpha value is -2.52. The maximum absolute atomic E-state index is 12.7. The summed E-state index contributed by atoms with van der Waals surface area (Å²) in [6.07, 6.45) is 1.62. The number of nitrogens with zero attached hydrogens (tertiary/aromatic N) is 3. The van der Waals surface area contributed by atoms with Crippen molar-refractivity contribution < 1.29 is 15.0 Å². The fraction of sp³-hybridized carbons (Fsp3) is 0.500. The molecule has 2 atom stereocenters. The van der Waals surface area contributed by atoms with E-state index in [-0.39, 0.29) is 29.7 Å². The molecule has 0 aromatic carbocycles. The van der Waals surface area contributed by atoms with Crippen molar-refractivity contribution in [1.82, 2.24) is 19.4 Å². The molecule has 0 radical (unpaired) electrons. The average Bonchev–Trinajstić information content (AvgIpc) is 2.98. The van der Waals surface area contributed by atoms with Gasteiger partial charge in [-0.1, -0.05) is 6.92 Å². The number of pyridine rings is 1. The number of fused-ring (bicyclic) bond motifs is 1. The van der Waals surface area contributed by atoms with Gasteiger partial charge in [0, 0.05) is 19.3 Å². The van der Waals surface area contributed by atoms with Gasteiger partial charge in [0.2, 0.25) is 0 Å². The van der Waals surface area contributed by atoms with Gasteiger partial charge in [-0.2, -0.15) is 0 Å². The highest BCUT2D eigenvalue weighted by Gasteiger charge is 2.34. The van der Waals surface area contributed by atoms with E-state index in [9.17, 15) is 24.6 Å². The molecule has 134 valence electrons. The molecule has 1 fully saturated rings. The molecule has 0 aliphatic carbocycles. The topological polar surface area (TPSA) is 129 Å². The molecule has 3 rings (SSSR count). The Labute approximate surface area is 142 Å². The standard InChI is InChI=1S/C16H20N4O5/c1-2-3-19-13-12(14(23)18-16(19)25)4-9(6-17-13)15(24)20-7-11(22)5-10(20)8-21/h4,6,10-11,21-22H,2-3,5,7-8H2,1H3,(H,18,23,25)/t10-,11-/m0/s1. The normalized spacial score (nSPS) is 20.4. The van der Waals surface area contributed by atoms with E-state index >= 15 is 0 Å². The molecule has 1 aliphatic heterocycles. The smallest absolute Gasteiger partial charge is 0.329 e. The first-order valence-electron chi connectivity index (χ1n) is 8.19. The summed E-state index contributed by atoms with van der Waals surface area (Å²) in [5.41, 5.74) is -0.733. The predicted octanol–water partition coefficient (Wildman–Crippen LogP) is -0.937. The Bertz CT molecular complexity index is 919. The van der Waals surface area contributed by atoms with Crippen molar-refractivity contribution in [3.8, 4) is 0 Å². The van der Waals surface area contributed by atoms with Gasteiger partial charge in [0.15, 0.2) is 0 Å². The summed E-state index contributed by atoms with van der Waals surface area (Å²) in [4.78, 5) is 44.5. The third kappa shape index (κ3) is 3.08. The number of H-pyrrole nitrogens is 1. The number of aromatic nitrogens is 3. The number of nitrogens with one attached hydrogen (secondary N) is 1. The minimum absolute atomic E-state index is 0.119. The van der Waals surface area contributed by atoms with Crippen LogP contribution in [-0.2, 0) is 6.54 Å². The van der Waals surface area contributed by atoms with Crippen molar-refractivity contribution in [3.05, 3.63) is 38.7 Å². The molecule has 25 heavy (non-hydrogen) atoms. The van der Waals surface area contributed by atoms with Crippen LogP contribution in [0.1, 0.15) is 30.1 Å². The molecule has 1 saturated heterocycles. The second-order valence-corrected chi connectivity index (χ2v) is 6.19. The minimum Gasteiger partial charge on any atom is -0.394 e. The van der Waals surface area contributed by atoms with Gasteiger partial charge in [0.05, 0.1) is 29.7 Å². The Morgan fingerprint density at radius 3 is 2.88 bits per heavy atom. The first-order valence-corrected chi connectivity index (χ1v) is 8.19. The molecule has 2 aromatic heterocycles. The summed E-state index contributed by atoms with van der Waals surface area (Å²) in [6, 6.07) is 0.930. The number of amides is 1. The maximum atomic E-state index is 12.7. The van der Waals surface area contributed by atoms with Crippen LogP contribution in [0.15, 0.2) is 21.9 Å². The highest BCUT2D eigenvalue weighted by atomic mass is 16.3. The first-order chi connectivity index (χ1) is 12.0. The van der Waals surface area contributed by atoms with E-state index < -0.39 is 29.3 Å². The van der Waals surface area contributed by atoms with Gasteiger partial charge in [-0.3, -0.25) is 19.1 Å². The number of likely N-dealkylation sites (tertiary alicyclic amines) is 1. The molecular weight excluding hydrogens is 328 g/mol. The zero-order valence-electron chi connectivity index (χ0n) is 13.8. The van der Waals surface area contributed by atoms with Gasteiger partial charge in [0.1, 0.15) is 5.65 Å². The van der Waals surface area contributed by atoms with E-state index in [2.05, 4.69) is 9.97 Å². The lowest BCUT2D eigenvalue weighted by Crippen LogP contribution is -2.38. The molecule has 1 aliphatic rings. The number of aryl methyl sites for hydroxylation is 1. The molecule has 1 amide bonds. The summed E-state index contributed by atoms with van der Waals surface area (Å²) >= 11 is 0. The summed E-state index contributed by atoms with van der Waals surface area (Å²) in [5.74, 6) is -0.419. The van der Waals surface area contributed by atoms with E-state index in [4.69, 9.17) is 0 Å². The van der Waals surface area contributed by atoms with Crippen molar-refractivity contribution in [2.24, 2.45) is 0 Å². The highest BCUT2D eigenvalue weighted by Crippen LogP contribution is 2.21. The van der Waals surface area contributed by atoms with Crippen LogP contribution in [0.4, 0.5) is 0 Å². The van der Waals surface area contributed by atoms with E-state index in [0.717, 1.165) is 0 Å². The second-order valence-electron chi connectivity index (χ2n) is 6.19. The fourth-order valence-electron chi connectivity index (χ4n) is 3.20. The van der Waals surface area contributed by atoms with Crippen LogP contribution >= 0.6 is 0 Å². The summed E-state index contributed by atoms with van der Waals surface area (Å²) in [5, 5.41) is 19.3. The third-order valence-electron chi connectivity index (χ3n) is 4.39. The van der Waals surface area contributed by atoms with Crippen molar-refractivity contribution in [3.63, 3.8) is 0 Å². The summed E-state index contributed by atoms with van der Waals surface area (Å²) in [7, 11) is 0. The molecule has 3 N–H and O–H groups in total. The molecule has 0 saturated carbocycles. The van der Waals surface area contributed by atoms with Gasteiger partial charge in [-0.25, -0.2) is 9.78 Å². The number of aromatic amines is 1. The number of carbonyl (C=O) groups excluding carboxylic acids is 1. The zero-order chi connectivity index (χ0) is 18.1. The van der Waals surface area contributed by atoms with E-state index in [1.54, 1.807) is 0 Å². The predicted molar refractivity (Wildman–Crippen MR) is 89.4 cm³/mol. The Balaban J connectivity index is 2.06. The Morgan fingerprint density at radius 1 is 1.44 bits per heavy atom. The van der Waals surface area contributed by atoms with Gasteiger partial charge in [0.25, 0.3) is 11.5 Å². The molecule has 3 heterocycles. The van der Waals surface area contributed by atoms with Gasteiger partial charge in [-0.05, 0) is 18.9 Å². The molecular formula is C16H20N4O5.